The van der Waals surface area contributed by atoms with Crippen molar-refractivity contribution in [3.05, 3.63) is 70.2 Å². The maximum atomic E-state index is 12.7. The lowest BCUT2D eigenvalue weighted by Crippen LogP contribution is -2.45. The Bertz CT molecular complexity index is 952. The molecule has 1 saturated heterocycles. The van der Waals surface area contributed by atoms with Gasteiger partial charge in [-0.05, 0) is 36.1 Å². The molecule has 2 aromatic rings. The summed E-state index contributed by atoms with van der Waals surface area (Å²) in [6.45, 7) is 5.54. The van der Waals surface area contributed by atoms with Crippen molar-refractivity contribution in [3.63, 3.8) is 0 Å². The van der Waals surface area contributed by atoms with Gasteiger partial charge in [0.1, 0.15) is 0 Å². The number of piperidine rings is 1. The predicted molar refractivity (Wildman–Crippen MR) is 124 cm³/mol. The van der Waals surface area contributed by atoms with E-state index in [1.54, 1.807) is 0 Å². The summed E-state index contributed by atoms with van der Waals surface area (Å²) in [5.74, 6) is -0.124. The fourth-order valence-corrected chi connectivity index (χ4v) is 5.56. The molecule has 3 rings (SSSR count). The van der Waals surface area contributed by atoms with E-state index in [9.17, 15) is 13.2 Å². The number of benzene rings is 2. The molecule has 0 bridgehead atoms. The number of carbonyl (C=O) groups excluding carboxylic acids is 1. The summed E-state index contributed by atoms with van der Waals surface area (Å²) in [6, 6.07) is 17.3. The highest BCUT2D eigenvalue weighted by Gasteiger charge is 2.32. The second-order valence-electron chi connectivity index (χ2n) is 8.52. The average Bonchev–Trinajstić information content (AvgIpc) is 2.73. The summed E-state index contributed by atoms with van der Waals surface area (Å²) in [5.41, 5.74) is 1.76. The third-order valence-electron chi connectivity index (χ3n) is 5.74. The first-order valence-corrected chi connectivity index (χ1v) is 12.6. The van der Waals surface area contributed by atoms with Crippen molar-refractivity contribution in [1.82, 2.24) is 9.62 Å². The van der Waals surface area contributed by atoms with Crippen LogP contribution in [0.5, 0.6) is 0 Å². The second kappa shape index (κ2) is 9.62. The van der Waals surface area contributed by atoms with Gasteiger partial charge in [0, 0.05) is 35.4 Å². The SMILES string of the molecule is CC(C)(CNC(=O)C1CCN(S(=O)(=O)Cc2ccccc2)CC1)c1ccc(Br)cc1. The molecule has 1 heterocycles. The normalized spacial score (nSPS) is 16.4. The zero-order chi connectivity index (χ0) is 21.8. The molecule has 7 heteroatoms. The van der Waals surface area contributed by atoms with Gasteiger partial charge in [-0.2, -0.15) is 0 Å². The van der Waals surface area contributed by atoms with Gasteiger partial charge >= 0.3 is 0 Å². The first-order chi connectivity index (χ1) is 14.2. The van der Waals surface area contributed by atoms with Crippen LogP contribution in [-0.4, -0.2) is 38.3 Å². The topological polar surface area (TPSA) is 66.5 Å². The molecule has 1 fully saturated rings. The molecule has 0 spiro atoms. The molecular formula is C23H29BrN2O3S. The zero-order valence-electron chi connectivity index (χ0n) is 17.5. The van der Waals surface area contributed by atoms with Crippen LogP contribution in [0.15, 0.2) is 59.1 Å². The fourth-order valence-electron chi connectivity index (χ4n) is 3.73. The first kappa shape index (κ1) is 23.0. The van der Waals surface area contributed by atoms with E-state index >= 15 is 0 Å². The lowest BCUT2D eigenvalue weighted by molar-refractivity contribution is -0.126. The minimum absolute atomic E-state index is 0.00603. The number of halogens is 1. The van der Waals surface area contributed by atoms with Gasteiger partial charge in [0.25, 0.3) is 0 Å². The van der Waals surface area contributed by atoms with Gasteiger partial charge in [0.05, 0.1) is 5.75 Å². The van der Waals surface area contributed by atoms with E-state index in [-0.39, 0.29) is 23.0 Å². The number of sulfonamides is 1. The van der Waals surface area contributed by atoms with Gasteiger partial charge in [-0.1, -0.05) is 72.2 Å². The van der Waals surface area contributed by atoms with Gasteiger partial charge in [-0.3, -0.25) is 4.79 Å². The van der Waals surface area contributed by atoms with E-state index in [0.29, 0.717) is 32.5 Å². The minimum Gasteiger partial charge on any atom is -0.355 e. The van der Waals surface area contributed by atoms with E-state index in [2.05, 4.69) is 47.2 Å². The van der Waals surface area contributed by atoms with Crippen LogP contribution in [-0.2, 0) is 26.0 Å². The van der Waals surface area contributed by atoms with Gasteiger partial charge < -0.3 is 5.32 Å². The highest BCUT2D eigenvalue weighted by atomic mass is 79.9. The third-order valence-corrected chi connectivity index (χ3v) is 8.12. The number of rotatable bonds is 7. The van der Waals surface area contributed by atoms with Gasteiger partial charge in [0.15, 0.2) is 0 Å². The van der Waals surface area contributed by atoms with E-state index in [1.807, 2.05) is 42.5 Å². The summed E-state index contributed by atoms with van der Waals surface area (Å²) >= 11 is 3.45. The number of hydrogen-bond acceptors (Lipinski definition) is 3. The molecule has 1 aliphatic rings. The summed E-state index contributed by atoms with van der Waals surface area (Å²) in [6.07, 6.45) is 1.11. The molecule has 0 aromatic heterocycles. The number of nitrogens with one attached hydrogen (secondary N) is 1. The summed E-state index contributed by atoms with van der Waals surface area (Å²) in [4.78, 5) is 12.7. The number of hydrogen-bond donors (Lipinski definition) is 1. The molecule has 5 nitrogen and oxygen atoms in total. The second-order valence-corrected chi connectivity index (χ2v) is 11.4. The lowest BCUT2D eigenvalue weighted by Gasteiger charge is -2.32. The van der Waals surface area contributed by atoms with Crippen LogP contribution in [0.2, 0.25) is 0 Å². The Morgan fingerprint density at radius 3 is 2.27 bits per heavy atom. The average molecular weight is 493 g/mol. The van der Waals surface area contributed by atoms with E-state index < -0.39 is 10.0 Å². The predicted octanol–water partition coefficient (Wildman–Crippen LogP) is 4.08. The molecule has 0 unspecified atom stereocenters. The number of amides is 1. The third kappa shape index (κ3) is 5.93. The molecule has 0 aliphatic carbocycles. The largest absolute Gasteiger partial charge is 0.355 e. The Labute approximate surface area is 188 Å². The Morgan fingerprint density at radius 1 is 1.07 bits per heavy atom. The van der Waals surface area contributed by atoms with E-state index in [4.69, 9.17) is 0 Å². The summed E-state index contributed by atoms with van der Waals surface area (Å²) in [5, 5.41) is 3.08. The molecule has 1 aliphatic heterocycles. The minimum atomic E-state index is -3.36. The van der Waals surface area contributed by atoms with Crippen molar-refractivity contribution in [3.8, 4) is 0 Å². The molecule has 1 N–H and O–H groups in total. The maximum absolute atomic E-state index is 12.7. The quantitative estimate of drug-likeness (QED) is 0.632. The van der Waals surface area contributed by atoms with Crippen LogP contribution in [0.3, 0.4) is 0 Å². The molecular weight excluding hydrogens is 464 g/mol. The highest BCUT2D eigenvalue weighted by molar-refractivity contribution is 9.10. The van der Waals surface area contributed by atoms with Crippen molar-refractivity contribution in [2.75, 3.05) is 19.6 Å². The highest BCUT2D eigenvalue weighted by Crippen LogP contribution is 2.25. The molecule has 162 valence electrons. The van der Waals surface area contributed by atoms with Crippen molar-refractivity contribution >= 4 is 31.9 Å². The van der Waals surface area contributed by atoms with Crippen molar-refractivity contribution in [1.29, 1.82) is 0 Å². The number of carbonyl (C=O) groups is 1. The van der Waals surface area contributed by atoms with Gasteiger partial charge in [0.2, 0.25) is 15.9 Å². The Kier molecular flexibility index (Phi) is 7.37. The van der Waals surface area contributed by atoms with Crippen molar-refractivity contribution < 1.29 is 13.2 Å². The molecule has 1 amide bonds. The van der Waals surface area contributed by atoms with Crippen LogP contribution in [0.4, 0.5) is 0 Å². The van der Waals surface area contributed by atoms with Crippen LogP contribution in [0.25, 0.3) is 0 Å². The van der Waals surface area contributed by atoms with Crippen molar-refractivity contribution in [2.45, 2.75) is 37.9 Å². The molecule has 2 aromatic carbocycles. The van der Waals surface area contributed by atoms with Crippen LogP contribution in [0.1, 0.15) is 37.8 Å². The molecule has 0 radical (unpaired) electrons. The Morgan fingerprint density at radius 2 is 1.67 bits per heavy atom. The zero-order valence-corrected chi connectivity index (χ0v) is 19.9. The molecule has 30 heavy (non-hydrogen) atoms. The molecule has 0 saturated carbocycles. The van der Waals surface area contributed by atoms with Gasteiger partial charge in [-0.15, -0.1) is 0 Å². The summed E-state index contributed by atoms with van der Waals surface area (Å²) < 4.78 is 27.9. The molecule has 0 atom stereocenters. The standard InChI is InChI=1S/C23H29BrN2O3S/c1-23(2,20-8-10-21(24)11-9-20)17-25-22(27)19-12-14-26(15-13-19)30(28,29)16-18-6-4-3-5-7-18/h3-11,19H,12-17H2,1-2H3,(H,25,27). The van der Waals surface area contributed by atoms with Crippen LogP contribution < -0.4 is 5.32 Å². The van der Waals surface area contributed by atoms with E-state index in [0.717, 1.165) is 15.6 Å². The van der Waals surface area contributed by atoms with Crippen molar-refractivity contribution in [2.24, 2.45) is 5.92 Å². The first-order valence-electron chi connectivity index (χ1n) is 10.2. The Balaban J connectivity index is 1.51. The monoisotopic (exact) mass is 492 g/mol. The lowest BCUT2D eigenvalue weighted by atomic mass is 9.84. The van der Waals surface area contributed by atoms with Crippen LogP contribution >= 0.6 is 15.9 Å². The van der Waals surface area contributed by atoms with Crippen LogP contribution in [0, 0.1) is 5.92 Å². The fraction of sp³-hybridized carbons (Fsp3) is 0.435. The summed E-state index contributed by atoms with van der Waals surface area (Å²) in [7, 11) is -3.36. The smallest absolute Gasteiger partial charge is 0.223 e. The van der Waals surface area contributed by atoms with E-state index in [1.165, 1.54) is 4.31 Å². The Hall–Kier alpha value is -1.70. The number of nitrogens with zero attached hydrogens (tertiary/aromatic N) is 1. The van der Waals surface area contributed by atoms with Gasteiger partial charge in [-0.25, -0.2) is 12.7 Å². The maximum Gasteiger partial charge on any atom is 0.223 e.